The Morgan fingerprint density at radius 1 is 1.15 bits per heavy atom. The van der Waals surface area contributed by atoms with Crippen LogP contribution >= 0.6 is 0 Å². The van der Waals surface area contributed by atoms with Crippen molar-refractivity contribution in [1.82, 2.24) is 4.98 Å². The number of para-hydroxylation sites is 1. The number of pyridine rings is 1. The molecule has 20 heavy (non-hydrogen) atoms. The Labute approximate surface area is 119 Å². The van der Waals surface area contributed by atoms with Crippen molar-refractivity contribution in [2.24, 2.45) is 5.92 Å². The molecule has 1 N–H and O–H groups in total. The summed E-state index contributed by atoms with van der Waals surface area (Å²) in [6.07, 6.45) is 3.07. The highest BCUT2D eigenvalue weighted by Crippen LogP contribution is 2.44. The van der Waals surface area contributed by atoms with E-state index in [1.807, 2.05) is 36.4 Å². The highest BCUT2D eigenvalue weighted by molar-refractivity contribution is 5.38. The lowest BCUT2D eigenvalue weighted by atomic mass is 9.69. The number of benzene rings is 1. The first-order valence-corrected chi connectivity index (χ1v) is 6.91. The first-order chi connectivity index (χ1) is 9.60. The maximum absolute atomic E-state index is 10.7. The van der Waals surface area contributed by atoms with Crippen LogP contribution in [0.2, 0.25) is 0 Å². The number of aromatic nitrogens is 1. The van der Waals surface area contributed by atoms with E-state index in [-0.39, 0.29) is 11.3 Å². The fourth-order valence-electron chi connectivity index (χ4n) is 2.94. The summed E-state index contributed by atoms with van der Waals surface area (Å²) in [4.78, 5) is 4.07. The zero-order chi connectivity index (χ0) is 14.2. The standard InChI is InChI=1S/C17H19NO2/c1-17(2,12-7-9-18-10-8-12)14-11-20-15-6-4-3-5-13(15)16(14)19/h3-10,14,16,19H,11H2,1-2H3/t14?,16-/m1/s1. The molecule has 3 rings (SSSR count). The summed E-state index contributed by atoms with van der Waals surface area (Å²) >= 11 is 0. The Morgan fingerprint density at radius 2 is 1.85 bits per heavy atom. The van der Waals surface area contributed by atoms with E-state index in [0.29, 0.717) is 6.61 Å². The van der Waals surface area contributed by atoms with Crippen LogP contribution < -0.4 is 4.74 Å². The number of hydrogen-bond donors (Lipinski definition) is 1. The molecule has 1 aliphatic heterocycles. The number of nitrogens with zero attached hydrogens (tertiary/aromatic N) is 1. The molecule has 3 nitrogen and oxygen atoms in total. The Morgan fingerprint density at radius 3 is 2.60 bits per heavy atom. The number of hydrogen-bond acceptors (Lipinski definition) is 3. The molecule has 1 unspecified atom stereocenters. The van der Waals surface area contributed by atoms with E-state index >= 15 is 0 Å². The fourth-order valence-corrected chi connectivity index (χ4v) is 2.94. The summed E-state index contributed by atoms with van der Waals surface area (Å²) in [6, 6.07) is 11.7. The quantitative estimate of drug-likeness (QED) is 0.911. The van der Waals surface area contributed by atoms with Crippen LogP contribution in [0.5, 0.6) is 5.75 Å². The summed E-state index contributed by atoms with van der Waals surface area (Å²) in [7, 11) is 0. The SMILES string of the molecule is CC(C)(c1ccncc1)C1COc2ccccc2[C@H]1O. The summed E-state index contributed by atoms with van der Waals surface area (Å²) in [5.74, 6) is 0.807. The topological polar surface area (TPSA) is 42.4 Å². The molecule has 1 aromatic carbocycles. The first kappa shape index (κ1) is 13.1. The van der Waals surface area contributed by atoms with Gasteiger partial charge >= 0.3 is 0 Å². The van der Waals surface area contributed by atoms with E-state index in [1.54, 1.807) is 12.4 Å². The predicted molar refractivity (Wildman–Crippen MR) is 77.6 cm³/mol. The molecule has 1 aromatic heterocycles. The lowest BCUT2D eigenvalue weighted by Crippen LogP contribution is -2.40. The van der Waals surface area contributed by atoms with Gasteiger partial charge in [0.2, 0.25) is 0 Å². The van der Waals surface area contributed by atoms with Crippen LogP contribution in [0.15, 0.2) is 48.8 Å². The Bertz CT molecular complexity index is 595. The molecule has 0 bridgehead atoms. The van der Waals surface area contributed by atoms with Gasteiger partial charge in [0.15, 0.2) is 0 Å². The maximum atomic E-state index is 10.7. The van der Waals surface area contributed by atoms with Gasteiger partial charge in [0.25, 0.3) is 0 Å². The van der Waals surface area contributed by atoms with Crippen molar-refractivity contribution in [2.45, 2.75) is 25.4 Å². The smallest absolute Gasteiger partial charge is 0.125 e. The molecule has 3 heteroatoms. The van der Waals surface area contributed by atoms with Gasteiger partial charge in [-0.05, 0) is 29.2 Å². The third-order valence-electron chi connectivity index (χ3n) is 4.39. The second-order valence-electron chi connectivity index (χ2n) is 5.86. The van der Waals surface area contributed by atoms with Gasteiger partial charge < -0.3 is 9.84 Å². The molecule has 0 spiro atoms. The third-order valence-corrected chi connectivity index (χ3v) is 4.39. The van der Waals surface area contributed by atoms with E-state index in [9.17, 15) is 5.11 Å². The van der Waals surface area contributed by atoms with Crippen molar-refractivity contribution in [3.8, 4) is 5.75 Å². The number of aliphatic hydroxyl groups is 1. The molecule has 0 fully saturated rings. The second kappa shape index (κ2) is 4.91. The van der Waals surface area contributed by atoms with Crippen molar-refractivity contribution in [1.29, 1.82) is 0 Å². The van der Waals surface area contributed by atoms with E-state index in [2.05, 4.69) is 18.8 Å². The summed E-state index contributed by atoms with van der Waals surface area (Å²) < 4.78 is 5.84. The second-order valence-corrected chi connectivity index (χ2v) is 5.86. The summed E-state index contributed by atoms with van der Waals surface area (Å²) in [6.45, 7) is 4.81. The maximum Gasteiger partial charge on any atom is 0.125 e. The van der Waals surface area contributed by atoms with Gasteiger partial charge in [-0.1, -0.05) is 32.0 Å². The van der Waals surface area contributed by atoms with Crippen LogP contribution in [-0.4, -0.2) is 16.7 Å². The molecule has 0 amide bonds. The van der Waals surface area contributed by atoms with Crippen LogP contribution in [0.25, 0.3) is 0 Å². The van der Waals surface area contributed by atoms with Gasteiger partial charge in [0, 0.05) is 23.9 Å². The van der Waals surface area contributed by atoms with Crippen molar-refractivity contribution in [2.75, 3.05) is 6.61 Å². The largest absolute Gasteiger partial charge is 0.493 e. The van der Waals surface area contributed by atoms with E-state index in [0.717, 1.165) is 11.3 Å². The van der Waals surface area contributed by atoms with Crippen molar-refractivity contribution >= 4 is 0 Å². The Hall–Kier alpha value is -1.87. The zero-order valence-electron chi connectivity index (χ0n) is 11.8. The lowest BCUT2D eigenvalue weighted by molar-refractivity contribution is 0.0131. The third kappa shape index (κ3) is 2.08. The minimum atomic E-state index is -0.511. The van der Waals surface area contributed by atoms with Crippen molar-refractivity contribution in [3.05, 3.63) is 59.9 Å². The van der Waals surface area contributed by atoms with Gasteiger partial charge in [0.1, 0.15) is 5.75 Å². The minimum absolute atomic E-state index is 0.0137. The zero-order valence-corrected chi connectivity index (χ0v) is 11.8. The Kier molecular flexibility index (Phi) is 3.22. The fraction of sp³-hybridized carbons (Fsp3) is 0.353. The lowest BCUT2D eigenvalue weighted by Gasteiger charge is -2.41. The van der Waals surface area contributed by atoms with Crippen molar-refractivity contribution in [3.63, 3.8) is 0 Å². The van der Waals surface area contributed by atoms with Gasteiger partial charge in [-0.3, -0.25) is 4.98 Å². The van der Waals surface area contributed by atoms with Gasteiger partial charge in [-0.15, -0.1) is 0 Å². The molecule has 1 aliphatic rings. The number of rotatable bonds is 2. The average Bonchev–Trinajstić information content (AvgIpc) is 2.48. The van der Waals surface area contributed by atoms with Crippen molar-refractivity contribution < 1.29 is 9.84 Å². The number of ether oxygens (including phenoxy) is 1. The van der Waals surface area contributed by atoms with Crippen LogP contribution in [-0.2, 0) is 5.41 Å². The molecule has 2 atom stereocenters. The highest BCUT2D eigenvalue weighted by Gasteiger charge is 2.40. The highest BCUT2D eigenvalue weighted by atomic mass is 16.5. The van der Waals surface area contributed by atoms with Crippen LogP contribution in [0.3, 0.4) is 0 Å². The number of aliphatic hydroxyl groups excluding tert-OH is 1. The molecule has 0 saturated carbocycles. The van der Waals surface area contributed by atoms with E-state index in [1.165, 1.54) is 5.56 Å². The molecule has 2 aromatic rings. The molecule has 2 heterocycles. The van der Waals surface area contributed by atoms with Gasteiger partial charge in [-0.25, -0.2) is 0 Å². The monoisotopic (exact) mass is 269 g/mol. The summed E-state index contributed by atoms with van der Waals surface area (Å²) in [5.41, 5.74) is 1.86. The minimum Gasteiger partial charge on any atom is -0.493 e. The predicted octanol–water partition coefficient (Wildman–Crippen LogP) is 3.10. The molecule has 104 valence electrons. The van der Waals surface area contributed by atoms with E-state index < -0.39 is 6.10 Å². The average molecular weight is 269 g/mol. The van der Waals surface area contributed by atoms with Crippen LogP contribution in [0.1, 0.15) is 31.1 Å². The van der Waals surface area contributed by atoms with Gasteiger partial charge in [0.05, 0.1) is 12.7 Å². The molecule has 0 radical (unpaired) electrons. The van der Waals surface area contributed by atoms with Crippen LogP contribution in [0, 0.1) is 5.92 Å². The van der Waals surface area contributed by atoms with Crippen LogP contribution in [0.4, 0.5) is 0 Å². The normalized spacial score (nSPS) is 21.9. The summed E-state index contributed by atoms with van der Waals surface area (Å²) in [5, 5.41) is 10.7. The van der Waals surface area contributed by atoms with E-state index in [4.69, 9.17) is 4.74 Å². The molecule has 0 saturated heterocycles. The molecular formula is C17H19NO2. The molecule has 0 aliphatic carbocycles. The first-order valence-electron chi connectivity index (χ1n) is 6.91. The Balaban J connectivity index is 1.96. The number of fused-ring (bicyclic) bond motifs is 1. The van der Waals surface area contributed by atoms with Gasteiger partial charge in [-0.2, -0.15) is 0 Å². The molecular weight excluding hydrogens is 250 g/mol.